The Morgan fingerprint density at radius 2 is 2.04 bits per heavy atom. The van der Waals surface area contributed by atoms with Gasteiger partial charge in [-0.1, -0.05) is 19.1 Å². The number of nitrogens with zero attached hydrogens (tertiary/aromatic N) is 3. The summed E-state index contributed by atoms with van der Waals surface area (Å²) >= 11 is 1.28. The van der Waals surface area contributed by atoms with E-state index in [-0.39, 0.29) is 17.2 Å². The van der Waals surface area contributed by atoms with Crippen LogP contribution in [0.3, 0.4) is 0 Å². The molecule has 7 heteroatoms. The Hall–Kier alpha value is -3.19. The highest BCUT2D eigenvalue weighted by Crippen LogP contribution is 2.26. The van der Waals surface area contributed by atoms with Crippen molar-refractivity contribution in [1.29, 1.82) is 10.8 Å². The molecule has 3 heterocycles. The summed E-state index contributed by atoms with van der Waals surface area (Å²) in [6, 6.07) is 12.9. The van der Waals surface area contributed by atoms with E-state index in [1.54, 1.807) is 12.4 Å². The first-order valence-corrected chi connectivity index (χ1v) is 9.55. The lowest BCUT2D eigenvalue weighted by Crippen LogP contribution is -2.31. The van der Waals surface area contributed by atoms with E-state index in [1.807, 2.05) is 50.2 Å². The van der Waals surface area contributed by atoms with Gasteiger partial charge in [-0.2, -0.15) is 4.37 Å². The van der Waals surface area contributed by atoms with Crippen molar-refractivity contribution in [2.45, 2.75) is 19.8 Å². The second-order valence-electron chi connectivity index (χ2n) is 6.69. The van der Waals surface area contributed by atoms with E-state index >= 15 is 0 Å². The largest absolute Gasteiger partial charge is 0.287 e. The van der Waals surface area contributed by atoms with Gasteiger partial charge in [-0.05, 0) is 54.4 Å². The van der Waals surface area contributed by atoms with Gasteiger partial charge in [0.25, 0.3) is 0 Å². The Morgan fingerprint density at radius 1 is 1.21 bits per heavy atom. The number of hydrogen-bond acceptors (Lipinski definition) is 5. The highest BCUT2D eigenvalue weighted by molar-refractivity contribution is 7.09. The Labute approximate surface area is 165 Å². The molecule has 0 amide bonds. The molecular weight excluding hydrogens is 373 g/mol. The molecule has 28 heavy (non-hydrogen) atoms. The number of benzene rings is 1. The predicted molar refractivity (Wildman–Crippen MR) is 109 cm³/mol. The van der Waals surface area contributed by atoms with Crippen LogP contribution in [0.15, 0.2) is 54.9 Å². The maximum Gasteiger partial charge on any atom is 0.167 e. The van der Waals surface area contributed by atoms with Crippen LogP contribution in [0, 0.1) is 23.6 Å². The number of aryl methyl sites for hydroxylation is 1. The zero-order chi connectivity index (χ0) is 19.8. The van der Waals surface area contributed by atoms with Gasteiger partial charge in [0.1, 0.15) is 5.84 Å². The minimum atomic E-state index is -0.664. The summed E-state index contributed by atoms with van der Waals surface area (Å²) in [6.45, 7) is 3.76. The minimum Gasteiger partial charge on any atom is -0.287 e. The van der Waals surface area contributed by atoms with Gasteiger partial charge in [0.05, 0.1) is 16.1 Å². The third-order valence-corrected chi connectivity index (χ3v) is 5.66. The minimum absolute atomic E-state index is 0.134. The number of halogens is 1. The first-order valence-electron chi connectivity index (χ1n) is 8.78. The molecule has 1 atom stereocenters. The van der Waals surface area contributed by atoms with E-state index in [9.17, 15) is 4.39 Å². The number of nitrogens with one attached hydrogen (secondary N) is 2. The van der Waals surface area contributed by atoms with Gasteiger partial charge in [-0.3, -0.25) is 20.4 Å². The smallest absolute Gasteiger partial charge is 0.167 e. The van der Waals surface area contributed by atoms with Crippen molar-refractivity contribution in [3.8, 4) is 10.4 Å². The van der Waals surface area contributed by atoms with Crippen LogP contribution in [0.4, 0.5) is 4.39 Å². The maximum absolute atomic E-state index is 14.4. The van der Waals surface area contributed by atoms with Crippen LogP contribution in [0.25, 0.3) is 21.3 Å². The van der Waals surface area contributed by atoms with Crippen molar-refractivity contribution in [1.82, 2.24) is 13.9 Å². The average molecular weight is 391 g/mol. The molecule has 0 bridgehead atoms. The van der Waals surface area contributed by atoms with Crippen molar-refractivity contribution in [2.75, 3.05) is 0 Å². The molecule has 0 aliphatic rings. The van der Waals surface area contributed by atoms with Crippen molar-refractivity contribution < 1.29 is 4.39 Å². The van der Waals surface area contributed by atoms with Gasteiger partial charge < -0.3 is 0 Å². The summed E-state index contributed by atoms with van der Waals surface area (Å²) in [6.07, 6.45) is 3.38. The number of pyridine rings is 2. The number of hydrogen-bond donors (Lipinski definition) is 2. The molecule has 0 saturated heterocycles. The molecule has 3 aromatic heterocycles. The number of fused-ring (bicyclic) bond motifs is 1. The van der Waals surface area contributed by atoms with Gasteiger partial charge in [-0.25, -0.2) is 4.39 Å². The number of rotatable bonds is 3. The molecule has 4 rings (SSSR count). The van der Waals surface area contributed by atoms with Crippen LogP contribution in [-0.2, 0) is 0 Å². The highest BCUT2D eigenvalue weighted by atomic mass is 32.1. The maximum atomic E-state index is 14.4. The molecule has 0 aliphatic heterocycles. The highest BCUT2D eigenvalue weighted by Gasteiger charge is 2.17. The van der Waals surface area contributed by atoms with E-state index in [0.29, 0.717) is 5.56 Å². The lowest BCUT2D eigenvalue weighted by Gasteiger charge is -2.18. The fourth-order valence-corrected chi connectivity index (χ4v) is 3.85. The van der Waals surface area contributed by atoms with Gasteiger partial charge in [0, 0.05) is 29.3 Å². The predicted octanol–water partition coefficient (Wildman–Crippen LogP) is 4.72. The van der Waals surface area contributed by atoms with E-state index in [2.05, 4.69) is 9.36 Å². The fourth-order valence-electron chi connectivity index (χ4n) is 3.12. The molecule has 0 fully saturated rings. The van der Waals surface area contributed by atoms with Crippen molar-refractivity contribution >= 4 is 28.3 Å². The molecule has 0 radical (unpaired) electrons. The Bertz CT molecular complexity index is 1260. The third-order valence-electron chi connectivity index (χ3n) is 4.73. The topological polar surface area (TPSA) is 78.4 Å². The monoisotopic (exact) mass is 391 g/mol. The van der Waals surface area contributed by atoms with Crippen molar-refractivity contribution in [3.05, 3.63) is 77.4 Å². The zero-order valence-corrected chi connectivity index (χ0v) is 16.2. The standard InChI is InChI=1S/C21H18FN5S/c1-12-8-19(28-26-12)16-10-17(22)21(24)27(11-16)20(23)13(2)14-5-6-18-15(9-14)4-3-7-25-18/h3-11,13,23-24H,1-2H3. The quantitative estimate of drug-likeness (QED) is 0.392. The molecule has 0 saturated carbocycles. The van der Waals surface area contributed by atoms with Gasteiger partial charge in [-0.15, -0.1) is 0 Å². The average Bonchev–Trinajstić information content (AvgIpc) is 3.14. The molecule has 1 unspecified atom stereocenters. The van der Waals surface area contributed by atoms with Crippen LogP contribution in [0.1, 0.15) is 24.1 Å². The molecule has 0 spiro atoms. The Kier molecular flexibility index (Phi) is 4.60. The third kappa shape index (κ3) is 3.25. The molecular formula is C21H18FN5S. The summed E-state index contributed by atoms with van der Waals surface area (Å²) in [5.74, 6) is -0.852. The lowest BCUT2D eigenvalue weighted by molar-refractivity contribution is 0.589. The Morgan fingerprint density at radius 3 is 2.79 bits per heavy atom. The number of aromatic nitrogens is 3. The van der Waals surface area contributed by atoms with Crippen LogP contribution in [0.2, 0.25) is 0 Å². The first-order chi connectivity index (χ1) is 13.4. The van der Waals surface area contributed by atoms with E-state index in [0.717, 1.165) is 27.0 Å². The van der Waals surface area contributed by atoms with E-state index in [1.165, 1.54) is 22.2 Å². The second kappa shape index (κ2) is 7.09. The van der Waals surface area contributed by atoms with Gasteiger partial charge in [0.15, 0.2) is 11.3 Å². The van der Waals surface area contributed by atoms with E-state index < -0.39 is 5.82 Å². The fraction of sp³-hybridized carbons (Fsp3) is 0.143. The van der Waals surface area contributed by atoms with Crippen molar-refractivity contribution in [2.24, 2.45) is 0 Å². The molecule has 4 aromatic rings. The SMILES string of the molecule is Cc1cc(-c2cc(F)c(=N)n(C(=N)C(C)c3ccc4ncccc4c3)c2)sn1. The van der Waals surface area contributed by atoms with Crippen LogP contribution >= 0.6 is 11.5 Å². The summed E-state index contributed by atoms with van der Waals surface area (Å²) in [5.41, 5.74) is 2.93. The summed E-state index contributed by atoms with van der Waals surface area (Å²) in [5, 5.41) is 17.7. The molecule has 0 aliphatic carbocycles. The van der Waals surface area contributed by atoms with Gasteiger partial charge >= 0.3 is 0 Å². The summed E-state index contributed by atoms with van der Waals surface area (Å²) in [4.78, 5) is 5.12. The Balaban J connectivity index is 1.75. The van der Waals surface area contributed by atoms with Crippen molar-refractivity contribution in [3.63, 3.8) is 0 Å². The van der Waals surface area contributed by atoms with Gasteiger partial charge in [0.2, 0.25) is 0 Å². The van der Waals surface area contributed by atoms with Crippen LogP contribution in [-0.4, -0.2) is 19.8 Å². The second-order valence-corrected chi connectivity index (χ2v) is 7.50. The molecule has 140 valence electrons. The molecule has 2 N–H and O–H groups in total. The first kappa shape index (κ1) is 18.2. The lowest BCUT2D eigenvalue weighted by atomic mass is 9.97. The molecule has 1 aromatic carbocycles. The van der Waals surface area contributed by atoms with Crippen LogP contribution < -0.4 is 5.49 Å². The summed E-state index contributed by atoms with van der Waals surface area (Å²) < 4.78 is 20.0. The zero-order valence-electron chi connectivity index (χ0n) is 15.4. The summed E-state index contributed by atoms with van der Waals surface area (Å²) in [7, 11) is 0. The molecule has 5 nitrogen and oxygen atoms in total. The normalized spacial score (nSPS) is 12.2. The van der Waals surface area contributed by atoms with E-state index in [4.69, 9.17) is 10.8 Å². The van der Waals surface area contributed by atoms with Crippen LogP contribution in [0.5, 0.6) is 0 Å².